The number of fused-ring (bicyclic) bond motifs is 1. The standard InChI is InChI=1S/C15H21NO4/c1-3-19-14(17)11-16-8-5-9-20-15-12(10-16)6-4-7-13(15)18-2/h4,6-7H,3,5,8-11H2,1-2H3. The lowest BCUT2D eigenvalue weighted by atomic mass is 10.1. The zero-order valence-electron chi connectivity index (χ0n) is 12.1. The Labute approximate surface area is 119 Å². The number of rotatable bonds is 4. The van der Waals surface area contributed by atoms with Gasteiger partial charge >= 0.3 is 5.97 Å². The molecule has 110 valence electrons. The lowest BCUT2D eigenvalue weighted by molar-refractivity contribution is -0.144. The van der Waals surface area contributed by atoms with Gasteiger partial charge in [0.25, 0.3) is 0 Å². The highest BCUT2D eigenvalue weighted by atomic mass is 16.5. The number of esters is 1. The van der Waals surface area contributed by atoms with Gasteiger partial charge in [0.1, 0.15) is 0 Å². The molecule has 5 heteroatoms. The summed E-state index contributed by atoms with van der Waals surface area (Å²) in [5.74, 6) is 1.34. The quantitative estimate of drug-likeness (QED) is 0.787. The Morgan fingerprint density at radius 2 is 2.30 bits per heavy atom. The van der Waals surface area contributed by atoms with Gasteiger partial charge in [0, 0.05) is 18.7 Å². The third-order valence-corrected chi connectivity index (χ3v) is 3.20. The van der Waals surface area contributed by atoms with E-state index in [1.54, 1.807) is 7.11 Å². The molecule has 1 aliphatic rings. The SMILES string of the molecule is CCOC(=O)CN1CCCOc2c(cccc2OC)C1. The van der Waals surface area contributed by atoms with E-state index in [0.717, 1.165) is 30.0 Å². The monoisotopic (exact) mass is 279 g/mol. The van der Waals surface area contributed by atoms with Gasteiger partial charge in [-0.2, -0.15) is 0 Å². The number of carbonyl (C=O) groups excluding carboxylic acids is 1. The first-order chi connectivity index (χ1) is 9.74. The first kappa shape index (κ1) is 14.7. The van der Waals surface area contributed by atoms with Crippen molar-refractivity contribution in [3.63, 3.8) is 0 Å². The first-order valence-electron chi connectivity index (χ1n) is 6.91. The van der Waals surface area contributed by atoms with Crippen molar-refractivity contribution >= 4 is 5.97 Å². The fourth-order valence-electron chi connectivity index (χ4n) is 2.32. The van der Waals surface area contributed by atoms with Crippen LogP contribution in [-0.2, 0) is 16.1 Å². The van der Waals surface area contributed by atoms with Crippen LogP contribution >= 0.6 is 0 Å². The molecule has 1 aromatic rings. The van der Waals surface area contributed by atoms with Crippen molar-refractivity contribution in [1.82, 2.24) is 4.90 Å². The number of carbonyl (C=O) groups is 1. The van der Waals surface area contributed by atoms with Crippen molar-refractivity contribution in [2.45, 2.75) is 19.9 Å². The van der Waals surface area contributed by atoms with E-state index in [9.17, 15) is 4.79 Å². The second kappa shape index (κ2) is 7.14. The van der Waals surface area contributed by atoms with Crippen molar-refractivity contribution < 1.29 is 19.0 Å². The van der Waals surface area contributed by atoms with Crippen molar-refractivity contribution in [3.05, 3.63) is 23.8 Å². The summed E-state index contributed by atoms with van der Waals surface area (Å²) in [6.45, 7) is 4.64. The molecular formula is C15H21NO4. The van der Waals surface area contributed by atoms with Gasteiger partial charge in [-0.3, -0.25) is 9.69 Å². The second-order valence-electron chi connectivity index (χ2n) is 4.67. The van der Waals surface area contributed by atoms with Crippen LogP contribution in [0.25, 0.3) is 0 Å². The molecule has 0 saturated heterocycles. The summed E-state index contributed by atoms with van der Waals surface area (Å²) >= 11 is 0. The topological polar surface area (TPSA) is 48.0 Å². The van der Waals surface area contributed by atoms with Crippen LogP contribution in [0, 0.1) is 0 Å². The zero-order chi connectivity index (χ0) is 14.4. The number of ether oxygens (including phenoxy) is 3. The number of hydrogen-bond donors (Lipinski definition) is 0. The maximum atomic E-state index is 11.6. The van der Waals surface area contributed by atoms with Gasteiger partial charge < -0.3 is 14.2 Å². The Hall–Kier alpha value is -1.75. The highest BCUT2D eigenvalue weighted by molar-refractivity contribution is 5.71. The lowest BCUT2D eigenvalue weighted by Gasteiger charge is -2.26. The molecule has 0 aromatic heterocycles. The third kappa shape index (κ3) is 3.63. The molecule has 0 aliphatic carbocycles. The summed E-state index contributed by atoms with van der Waals surface area (Å²) in [6.07, 6.45) is 0.872. The molecule has 5 nitrogen and oxygen atoms in total. The molecule has 0 spiro atoms. The average molecular weight is 279 g/mol. The van der Waals surface area contributed by atoms with E-state index in [1.165, 1.54) is 0 Å². The molecule has 0 atom stereocenters. The fourth-order valence-corrected chi connectivity index (χ4v) is 2.32. The third-order valence-electron chi connectivity index (χ3n) is 3.20. The van der Waals surface area contributed by atoms with Crippen LogP contribution in [0.15, 0.2) is 18.2 Å². The molecule has 1 heterocycles. The van der Waals surface area contributed by atoms with Gasteiger partial charge in [-0.25, -0.2) is 0 Å². The maximum Gasteiger partial charge on any atom is 0.320 e. The minimum Gasteiger partial charge on any atom is -0.493 e. The molecule has 0 fully saturated rings. The van der Waals surface area contributed by atoms with Gasteiger partial charge in [-0.1, -0.05) is 12.1 Å². The summed E-state index contributed by atoms with van der Waals surface area (Å²) in [4.78, 5) is 13.7. The molecule has 0 bridgehead atoms. The van der Waals surface area contributed by atoms with Crippen LogP contribution in [-0.4, -0.2) is 44.3 Å². The summed E-state index contributed by atoms with van der Waals surface area (Å²) < 4.78 is 16.1. The van der Waals surface area contributed by atoms with Crippen LogP contribution < -0.4 is 9.47 Å². The van der Waals surface area contributed by atoms with E-state index >= 15 is 0 Å². The summed E-state index contributed by atoms with van der Waals surface area (Å²) in [6, 6.07) is 5.82. The Kier molecular flexibility index (Phi) is 5.24. The van der Waals surface area contributed by atoms with E-state index < -0.39 is 0 Å². The predicted octanol–water partition coefficient (Wildman–Crippen LogP) is 1.84. The minimum absolute atomic E-state index is 0.182. The Morgan fingerprint density at radius 1 is 1.45 bits per heavy atom. The smallest absolute Gasteiger partial charge is 0.320 e. The molecule has 1 aliphatic heterocycles. The average Bonchev–Trinajstić information content (AvgIpc) is 2.41. The van der Waals surface area contributed by atoms with E-state index in [1.807, 2.05) is 25.1 Å². The lowest BCUT2D eigenvalue weighted by Crippen LogP contribution is -2.33. The van der Waals surface area contributed by atoms with Gasteiger partial charge in [0.05, 0.1) is 26.9 Å². The van der Waals surface area contributed by atoms with E-state index in [4.69, 9.17) is 14.2 Å². The molecule has 0 N–H and O–H groups in total. The normalized spacial score (nSPS) is 15.5. The van der Waals surface area contributed by atoms with Crippen molar-refractivity contribution in [1.29, 1.82) is 0 Å². The Balaban J connectivity index is 2.13. The van der Waals surface area contributed by atoms with Crippen LogP contribution in [0.2, 0.25) is 0 Å². The van der Waals surface area contributed by atoms with Crippen LogP contribution in [0.1, 0.15) is 18.9 Å². The number of hydrogen-bond acceptors (Lipinski definition) is 5. The van der Waals surface area contributed by atoms with Crippen molar-refractivity contribution in [3.8, 4) is 11.5 Å². The Morgan fingerprint density at radius 3 is 3.05 bits per heavy atom. The van der Waals surface area contributed by atoms with Gasteiger partial charge in [-0.15, -0.1) is 0 Å². The number of para-hydroxylation sites is 1. The van der Waals surface area contributed by atoms with Crippen molar-refractivity contribution in [2.24, 2.45) is 0 Å². The Bertz CT molecular complexity index is 461. The maximum absolute atomic E-state index is 11.6. The highest BCUT2D eigenvalue weighted by Crippen LogP contribution is 2.33. The molecule has 0 unspecified atom stereocenters. The first-order valence-corrected chi connectivity index (χ1v) is 6.91. The van der Waals surface area contributed by atoms with Crippen LogP contribution in [0.5, 0.6) is 11.5 Å². The van der Waals surface area contributed by atoms with Gasteiger partial charge in [0.15, 0.2) is 11.5 Å². The van der Waals surface area contributed by atoms with E-state index in [0.29, 0.717) is 26.3 Å². The zero-order valence-corrected chi connectivity index (χ0v) is 12.1. The molecule has 0 amide bonds. The molecule has 2 rings (SSSR count). The fraction of sp³-hybridized carbons (Fsp3) is 0.533. The van der Waals surface area contributed by atoms with Crippen LogP contribution in [0.4, 0.5) is 0 Å². The molecule has 0 saturated carbocycles. The predicted molar refractivity (Wildman–Crippen MR) is 75.0 cm³/mol. The van der Waals surface area contributed by atoms with Gasteiger partial charge in [-0.05, 0) is 19.4 Å². The molecular weight excluding hydrogens is 258 g/mol. The highest BCUT2D eigenvalue weighted by Gasteiger charge is 2.19. The minimum atomic E-state index is -0.182. The summed E-state index contributed by atoms with van der Waals surface area (Å²) in [7, 11) is 1.63. The number of benzene rings is 1. The molecule has 1 aromatic carbocycles. The number of nitrogens with zero attached hydrogens (tertiary/aromatic N) is 1. The number of methoxy groups -OCH3 is 1. The van der Waals surface area contributed by atoms with Gasteiger partial charge in [0.2, 0.25) is 0 Å². The molecule has 20 heavy (non-hydrogen) atoms. The van der Waals surface area contributed by atoms with Crippen LogP contribution in [0.3, 0.4) is 0 Å². The second-order valence-corrected chi connectivity index (χ2v) is 4.67. The largest absolute Gasteiger partial charge is 0.493 e. The summed E-state index contributed by atoms with van der Waals surface area (Å²) in [5.41, 5.74) is 1.04. The van der Waals surface area contributed by atoms with E-state index in [2.05, 4.69) is 4.90 Å². The molecule has 0 radical (unpaired) electrons. The van der Waals surface area contributed by atoms with E-state index in [-0.39, 0.29) is 5.97 Å². The van der Waals surface area contributed by atoms with Crippen molar-refractivity contribution in [2.75, 3.05) is 33.4 Å². The summed E-state index contributed by atoms with van der Waals surface area (Å²) in [5, 5.41) is 0.